The van der Waals surface area contributed by atoms with Crippen LogP contribution in [0.1, 0.15) is 89.8 Å². The van der Waals surface area contributed by atoms with E-state index in [9.17, 15) is 9.35 Å². The second kappa shape index (κ2) is 7.80. The maximum Gasteiger partial charge on any atom is 0.410 e. The Morgan fingerprint density at radius 3 is 2.35 bits per heavy atom. The van der Waals surface area contributed by atoms with E-state index in [0.717, 1.165) is 25.0 Å². The maximum atomic E-state index is 13.1. The first-order valence-corrected chi connectivity index (χ1v) is 12.6. The summed E-state index contributed by atoms with van der Waals surface area (Å²) in [5, 5.41) is 0. The van der Waals surface area contributed by atoms with Crippen LogP contribution in [0.25, 0.3) is 0 Å². The third-order valence-corrected chi connectivity index (χ3v) is 7.94. The number of fused-ring (bicyclic) bond motifs is 1. The van der Waals surface area contributed by atoms with Crippen LogP contribution in [-0.4, -0.2) is 44.7 Å². The summed E-state index contributed by atoms with van der Waals surface area (Å²) in [4.78, 5) is 14.4. The molecule has 0 aromatic heterocycles. The third kappa shape index (κ3) is 4.80. The van der Waals surface area contributed by atoms with Gasteiger partial charge in [-0.05, 0) is 96.8 Å². The van der Waals surface area contributed by atoms with Crippen molar-refractivity contribution < 1.29 is 14.1 Å². The van der Waals surface area contributed by atoms with Crippen LogP contribution in [0.2, 0.25) is 0 Å². The molecule has 1 heterocycles. The predicted molar refractivity (Wildman–Crippen MR) is 126 cm³/mol. The lowest BCUT2D eigenvalue weighted by atomic mass is 9.74. The molecular weight excluding hydrogens is 408 g/mol. The van der Waals surface area contributed by atoms with Gasteiger partial charge in [-0.2, -0.15) is 0 Å². The summed E-state index contributed by atoms with van der Waals surface area (Å²) in [6.45, 7) is 12.9. The highest BCUT2D eigenvalue weighted by atomic mass is 32.2. The van der Waals surface area contributed by atoms with Gasteiger partial charge in [-0.25, -0.2) is 4.79 Å². The van der Waals surface area contributed by atoms with Crippen molar-refractivity contribution in [2.75, 3.05) is 13.1 Å². The van der Waals surface area contributed by atoms with Crippen LogP contribution in [0.4, 0.5) is 4.79 Å². The van der Waals surface area contributed by atoms with Gasteiger partial charge >= 0.3 is 6.09 Å². The highest BCUT2D eigenvalue weighted by Gasteiger charge is 2.48. The number of carbonyl (C=O) groups excluding carboxylic acids is 1. The molecule has 6 heteroatoms. The van der Waals surface area contributed by atoms with Gasteiger partial charge in [0.15, 0.2) is 0 Å². The van der Waals surface area contributed by atoms with Crippen molar-refractivity contribution in [1.82, 2.24) is 4.90 Å². The van der Waals surface area contributed by atoms with Gasteiger partial charge in [0.25, 0.3) is 0 Å². The van der Waals surface area contributed by atoms with Gasteiger partial charge in [-0.15, -0.1) is 0 Å². The Balaban J connectivity index is 1.62. The van der Waals surface area contributed by atoms with Gasteiger partial charge in [0.2, 0.25) is 0 Å². The molecule has 1 aromatic rings. The summed E-state index contributed by atoms with van der Waals surface area (Å²) in [5.41, 5.74) is 4.24. The minimum absolute atomic E-state index is 0.149. The fourth-order valence-electron chi connectivity index (χ4n) is 4.60. The van der Waals surface area contributed by atoms with E-state index in [2.05, 4.69) is 18.2 Å². The van der Waals surface area contributed by atoms with Crippen molar-refractivity contribution in [3.05, 3.63) is 34.9 Å². The molecule has 1 amide bonds. The van der Waals surface area contributed by atoms with Gasteiger partial charge in [-0.1, -0.05) is 16.5 Å². The van der Waals surface area contributed by atoms with Gasteiger partial charge in [0.1, 0.15) is 27.4 Å². The molecule has 2 aliphatic carbocycles. The largest absolute Gasteiger partial charge is 0.591 e. The zero-order valence-electron chi connectivity index (χ0n) is 19.8. The quantitative estimate of drug-likeness (QED) is 0.575. The fourth-order valence-corrected chi connectivity index (χ4v) is 5.33. The lowest BCUT2D eigenvalue weighted by molar-refractivity contribution is 0.0159. The molecule has 4 rings (SSSR count). The zero-order valence-corrected chi connectivity index (χ0v) is 20.6. The number of hydrogen-bond donors (Lipinski definition) is 0. The summed E-state index contributed by atoms with van der Waals surface area (Å²) < 4.78 is 23.1. The molecule has 0 radical (unpaired) electrons. The highest BCUT2D eigenvalue weighted by Crippen LogP contribution is 2.48. The zero-order chi connectivity index (χ0) is 22.6. The van der Waals surface area contributed by atoms with E-state index < -0.39 is 21.7 Å². The topological polar surface area (TPSA) is 65.0 Å². The van der Waals surface area contributed by atoms with Crippen molar-refractivity contribution in [3.63, 3.8) is 0 Å². The number of ether oxygens (including phenoxy) is 1. The minimum Gasteiger partial charge on any atom is -0.591 e. The van der Waals surface area contributed by atoms with Crippen LogP contribution in [0, 0.1) is 5.41 Å². The van der Waals surface area contributed by atoms with Crippen LogP contribution < -0.4 is 0 Å². The van der Waals surface area contributed by atoms with Gasteiger partial charge in [0.05, 0.1) is 0 Å². The summed E-state index contributed by atoms with van der Waals surface area (Å²) in [5.74, 6) is 0.672. The smallest absolute Gasteiger partial charge is 0.410 e. The standard InChI is InChI=1S/C25H36N2O3S/c1-23(2,3)30-22(28)27-13-11-25(12-14-27)16-19-10-9-18(17-7-8-17)15-20(19)21(25)26-31(29)24(4,5)6/h9-10,15,17H,7-8,11-14,16H2,1-6H3/t31-/m1/s1. The Kier molecular flexibility index (Phi) is 5.70. The molecule has 5 nitrogen and oxygen atoms in total. The molecule has 3 aliphatic rings. The van der Waals surface area contributed by atoms with Gasteiger partial charge in [-0.3, -0.25) is 0 Å². The molecule has 1 saturated heterocycles. The summed E-state index contributed by atoms with van der Waals surface area (Å²) in [6, 6.07) is 6.83. The first kappa shape index (κ1) is 22.7. The third-order valence-electron chi connectivity index (χ3n) is 6.54. The average Bonchev–Trinajstić information content (AvgIpc) is 3.46. The summed E-state index contributed by atoms with van der Waals surface area (Å²) in [7, 11) is 0. The first-order valence-electron chi connectivity index (χ1n) is 11.5. The van der Waals surface area contributed by atoms with Crippen LogP contribution in [0.3, 0.4) is 0 Å². The molecule has 1 aliphatic heterocycles. The van der Waals surface area contributed by atoms with E-state index >= 15 is 0 Å². The normalized spacial score (nSPS) is 23.2. The van der Waals surface area contributed by atoms with Crippen LogP contribution in [-0.2, 0) is 22.5 Å². The molecule has 1 atom stereocenters. The lowest BCUT2D eigenvalue weighted by Gasteiger charge is -2.39. The van der Waals surface area contributed by atoms with Crippen molar-refractivity contribution in [3.8, 4) is 0 Å². The maximum absolute atomic E-state index is 13.1. The molecule has 0 bridgehead atoms. The van der Waals surface area contributed by atoms with E-state index in [1.54, 1.807) is 0 Å². The SMILES string of the molecule is CC(C)(C)OC(=O)N1CCC2(CC1)Cc1ccc(C3CC3)cc1C2=N[S@+]([O-])C(C)(C)C. The predicted octanol–water partition coefficient (Wildman–Crippen LogP) is 5.39. The first-order chi connectivity index (χ1) is 14.4. The van der Waals surface area contributed by atoms with Crippen LogP contribution >= 0.6 is 0 Å². The number of piperidine rings is 1. The molecule has 0 unspecified atom stereocenters. The second-order valence-corrected chi connectivity index (χ2v) is 13.3. The molecule has 1 aromatic carbocycles. The van der Waals surface area contributed by atoms with Crippen molar-refractivity contribution in [2.24, 2.45) is 9.81 Å². The van der Waals surface area contributed by atoms with Crippen LogP contribution in [0.15, 0.2) is 22.6 Å². The fraction of sp³-hybridized carbons (Fsp3) is 0.680. The summed E-state index contributed by atoms with van der Waals surface area (Å²) in [6.07, 6.45) is 4.82. The van der Waals surface area contributed by atoms with E-state index in [1.165, 1.54) is 29.5 Å². The van der Waals surface area contributed by atoms with Crippen molar-refractivity contribution in [1.29, 1.82) is 0 Å². The van der Waals surface area contributed by atoms with Crippen molar-refractivity contribution >= 4 is 23.2 Å². The molecule has 0 N–H and O–H groups in total. The van der Waals surface area contributed by atoms with E-state index in [0.29, 0.717) is 19.0 Å². The van der Waals surface area contributed by atoms with Crippen LogP contribution in [0.5, 0.6) is 0 Å². The van der Waals surface area contributed by atoms with Crippen molar-refractivity contribution in [2.45, 2.75) is 89.9 Å². The van der Waals surface area contributed by atoms with E-state index in [4.69, 9.17) is 9.13 Å². The number of nitrogens with zero attached hydrogens (tertiary/aromatic N) is 2. The average molecular weight is 445 g/mol. The molecule has 1 saturated carbocycles. The lowest BCUT2D eigenvalue weighted by Crippen LogP contribution is -2.47. The van der Waals surface area contributed by atoms with Gasteiger partial charge in [0, 0.05) is 24.1 Å². The number of hydrogen-bond acceptors (Lipinski definition) is 4. The number of carbonyl (C=O) groups is 1. The number of amides is 1. The van der Waals surface area contributed by atoms with E-state index in [-0.39, 0.29) is 11.5 Å². The Morgan fingerprint density at radius 1 is 1.16 bits per heavy atom. The van der Waals surface area contributed by atoms with E-state index in [1.807, 2.05) is 46.4 Å². The molecule has 170 valence electrons. The Hall–Kier alpha value is -1.53. The molecular formula is C25H36N2O3S. The minimum atomic E-state index is -1.31. The van der Waals surface area contributed by atoms with Gasteiger partial charge < -0.3 is 14.2 Å². The Labute approximate surface area is 190 Å². The number of likely N-dealkylation sites (tertiary alicyclic amines) is 1. The second-order valence-electron chi connectivity index (χ2n) is 11.4. The number of rotatable bonds is 2. The molecule has 1 spiro atoms. The number of benzene rings is 1. The Bertz CT molecular complexity index is 885. The molecule has 2 fully saturated rings. The Morgan fingerprint density at radius 2 is 1.81 bits per heavy atom. The highest BCUT2D eigenvalue weighted by molar-refractivity contribution is 7.91. The summed E-state index contributed by atoms with van der Waals surface area (Å²) >= 11 is -1.31. The monoisotopic (exact) mass is 444 g/mol. The molecule has 31 heavy (non-hydrogen) atoms.